The number of amides is 1. The van der Waals surface area contributed by atoms with Gasteiger partial charge in [0.15, 0.2) is 8.68 Å². The summed E-state index contributed by atoms with van der Waals surface area (Å²) in [5, 5.41) is 12.3. The van der Waals surface area contributed by atoms with Gasteiger partial charge in [0.1, 0.15) is 5.75 Å². The topological polar surface area (TPSA) is 76.5 Å². The van der Waals surface area contributed by atoms with Gasteiger partial charge in [-0.15, -0.1) is 10.2 Å². The van der Waals surface area contributed by atoms with Crippen LogP contribution in [0.3, 0.4) is 0 Å². The SMILES string of the molecule is COc1ccc(/C=N\NC(=O)CSc2nnc(SCc3ccccc3)s2)cc1Br. The van der Waals surface area contributed by atoms with Crippen LogP contribution < -0.4 is 10.2 Å². The summed E-state index contributed by atoms with van der Waals surface area (Å²) in [6.07, 6.45) is 1.58. The molecule has 0 aliphatic heterocycles. The fraction of sp³-hybridized carbons (Fsp3) is 0.158. The van der Waals surface area contributed by atoms with Gasteiger partial charge < -0.3 is 4.74 Å². The lowest BCUT2D eigenvalue weighted by atomic mass is 10.2. The second-order valence-electron chi connectivity index (χ2n) is 5.58. The first-order valence-electron chi connectivity index (χ1n) is 8.42. The van der Waals surface area contributed by atoms with Crippen molar-refractivity contribution in [3.05, 3.63) is 64.1 Å². The highest BCUT2D eigenvalue weighted by Crippen LogP contribution is 2.30. The number of carbonyl (C=O) groups is 1. The number of nitrogens with one attached hydrogen (secondary N) is 1. The summed E-state index contributed by atoms with van der Waals surface area (Å²) < 4.78 is 7.65. The van der Waals surface area contributed by atoms with Gasteiger partial charge in [0.25, 0.3) is 5.91 Å². The van der Waals surface area contributed by atoms with Crippen LogP contribution in [0.2, 0.25) is 0 Å². The van der Waals surface area contributed by atoms with E-state index in [0.29, 0.717) is 0 Å². The molecule has 0 unspecified atom stereocenters. The third-order valence-corrected chi connectivity index (χ3v) is 7.38. The van der Waals surface area contributed by atoms with Crippen molar-refractivity contribution in [3.63, 3.8) is 0 Å². The van der Waals surface area contributed by atoms with E-state index in [1.165, 1.54) is 28.7 Å². The minimum atomic E-state index is -0.201. The largest absolute Gasteiger partial charge is 0.496 e. The van der Waals surface area contributed by atoms with E-state index < -0.39 is 0 Å². The molecule has 0 saturated heterocycles. The summed E-state index contributed by atoms with van der Waals surface area (Å²) in [6, 6.07) is 15.7. The lowest BCUT2D eigenvalue weighted by Gasteiger charge is -2.03. The first kappa shape index (κ1) is 21.8. The van der Waals surface area contributed by atoms with Crippen molar-refractivity contribution in [1.29, 1.82) is 0 Å². The maximum Gasteiger partial charge on any atom is 0.250 e. The van der Waals surface area contributed by atoms with Crippen LogP contribution in [0.4, 0.5) is 0 Å². The van der Waals surface area contributed by atoms with Gasteiger partial charge >= 0.3 is 0 Å². The smallest absolute Gasteiger partial charge is 0.250 e. The first-order valence-corrected chi connectivity index (χ1v) is 12.0. The van der Waals surface area contributed by atoms with Crippen LogP contribution in [0, 0.1) is 0 Å². The number of hydrogen-bond donors (Lipinski definition) is 1. The van der Waals surface area contributed by atoms with Crippen molar-refractivity contribution in [2.75, 3.05) is 12.9 Å². The lowest BCUT2D eigenvalue weighted by molar-refractivity contribution is -0.118. The van der Waals surface area contributed by atoms with E-state index in [1.54, 1.807) is 25.1 Å². The van der Waals surface area contributed by atoms with E-state index in [2.05, 4.69) is 48.8 Å². The zero-order valence-corrected chi connectivity index (χ0v) is 19.4. The fourth-order valence-electron chi connectivity index (χ4n) is 2.13. The molecule has 0 radical (unpaired) electrons. The number of methoxy groups -OCH3 is 1. The predicted molar refractivity (Wildman–Crippen MR) is 123 cm³/mol. The molecule has 3 rings (SSSR count). The molecule has 0 atom stereocenters. The normalized spacial score (nSPS) is 11.0. The summed E-state index contributed by atoms with van der Waals surface area (Å²) in [4.78, 5) is 12.0. The Morgan fingerprint density at radius 2 is 1.97 bits per heavy atom. The number of ether oxygens (including phenoxy) is 1. The summed E-state index contributed by atoms with van der Waals surface area (Å²) >= 11 is 7.89. The van der Waals surface area contributed by atoms with Crippen LogP contribution in [-0.2, 0) is 10.5 Å². The Labute approximate surface area is 189 Å². The van der Waals surface area contributed by atoms with Gasteiger partial charge in [0.2, 0.25) is 0 Å². The Bertz CT molecular complexity index is 983. The van der Waals surface area contributed by atoms with Gasteiger partial charge in [-0.05, 0) is 45.3 Å². The van der Waals surface area contributed by atoms with Crippen molar-refractivity contribution >= 4 is 62.9 Å². The molecule has 0 aliphatic carbocycles. The summed E-state index contributed by atoms with van der Waals surface area (Å²) in [5.74, 6) is 1.60. The maximum atomic E-state index is 12.0. The third kappa shape index (κ3) is 7.14. The predicted octanol–water partition coefficient (Wildman–Crippen LogP) is 4.84. The average Bonchev–Trinajstić information content (AvgIpc) is 3.20. The molecule has 1 amide bonds. The highest BCUT2D eigenvalue weighted by molar-refractivity contribution is 9.10. The Morgan fingerprint density at radius 3 is 2.69 bits per heavy atom. The summed E-state index contributed by atoms with van der Waals surface area (Å²) in [6.45, 7) is 0. The minimum Gasteiger partial charge on any atom is -0.496 e. The molecule has 1 heterocycles. The fourth-order valence-corrected chi connectivity index (χ4v) is 5.46. The number of nitrogens with zero attached hydrogens (tertiary/aromatic N) is 3. The Kier molecular flexibility index (Phi) is 8.53. The second kappa shape index (κ2) is 11.3. The van der Waals surface area contributed by atoms with Gasteiger partial charge in [-0.2, -0.15) is 5.10 Å². The number of carbonyl (C=O) groups excluding carboxylic acids is 1. The van der Waals surface area contributed by atoms with Crippen LogP contribution >= 0.6 is 50.8 Å². The lowest BCUT2D eigenvalue weighted by Crippen LogP contribution is -2.19. The number of thioether (sulfide) groups is 2. The van der Waals surface area contributed by atoms with Gasteiger partial charge in [-0.25, -0.2) is 5.43 Å². The molecule has 150 valence electrons. The molecule has 1 N–H and O–H groups in total. The molecule has 2 aromatic carbocycles. The highest BCUT2D eigenvalue weighted by Gasteiger charge is 2.08. The minimum absolute atomic E-state index is 0.201. The molecule has 0 spiro atoms. The van der Waals surface area contributed by atoms with E-state index in [-0.39, 0.29) is 11.7 Å². The molecule has 0 saturated carbocycles. The van der Waals surface area contributed by atoms with E-state index >= 15 is 0 Å². The van der Waals surface area contributed by atoms with Crippen LogP contribution in [0.1, 0.15) is 11.1 Å². The van der Waals surface area contributed by atoms with Crippen LogP contribution in [-0.4, -0.2) is 35.2 Å². The van der Waals surface area contributed by atoms with Crippen LogP contribution in [0.25, 0.3) is 0 Å². The summed E-state index contributed by atoms with van der Waals surface area (Å²) in [7, 11) is 1.61. The van der Waals surface area contributed by atoms with Crippen molar-refractivity contribution in [1.82, 2.24) is 15.6 Å². The van der Waals surface area contributed by atoms with Gasteiger partial charge in [-0.1, -0.05) is 65.2 Å². The van der Waals surface area contributed by atoms with Gasteiger partial charge in [0.05, 0.1) is 23.5 Å². The highest BCUT2D eigenvalue weighted by atomic mass is 79.9. The maximum absolute atomic E-state index is 12.0. The second-order valence-corrected chi connectivity index (χ2v) is 9.86. The molecule has 0 bridgehead atoms. The van der Waals surface area contributed by atoms with Gasteiger partial charge in [0, 0.05) is 5.75 Å². The zero-order chi connectivity index (χ0) is 20.5. The number of halogens is 1. The van der Waals surface area contributed by atoms with E-state index in [9.17, 15) is 4.79 Å². The molecule has 10 heteroatoms. The van der Waals surface area contributed by atoms with E-state index in [1.807, 2.05) is 36.4 Å². The quantitative estimate of drug-likeness (QED) is 0.253. The molecule has 0 fully saturated rings. The van der Waals surface area contributed by atoms with E-state index in [4.69, 9.17) is 4.74 Å². The number of rotatable bonds is 9. The summed E-state index contributed by atoms with van der Waals surface area (Å²) in [5.41, 5.74) is 4.60. The average molecular weight is 509 g/mol. The Hall–Kier alpha value is -1.88. The molecular weight excluding hydrogens is 492 g/mol. The van der Waals surface area contributed by atoms with E-state index in [0.717, 1.165) is 30.2 Å². The van der Waals surface area contributed by atoms with Crippen molar-refractivity contribution in [3.8, 4) is 5.75 Å². The number of hydrazone groups is 1. The monoisotopic (exact) mass is 508 g/mol. The molecule has 3 aromatic rings. The Morgan fingerprint density at radius 1 is 1.21 bits per heavy atom. The Balaban J connectivity index is 1.41. The van der Waals surface area contributed by atoms with Crippen LogP contribution in [0.15, 0.2) is 66.8 Å². The van der Waals surface area contributed by atoms with Gasteiger partial charge in [-0.3, -0.25) is 4.79 Å². The van der Waals surface area contributed by atoms with Crippen molar-refractivity contribution in [2.24, 2.45) is 5.10 Å². The molecule has 1 aromatic heterocycles. The van der Waals surface area contributed by atoms with Crippen LogP contribution in [0.5, 0.6) is 5.75 Å². The first-order chi connectivity index (χ1) is 14.1. The van der Waals surface area contributed by atoms with Crippen molar-refractivity contribution < 1.29 is 9.53 Å². The molecular formula is C19H17BrN4O2S3. The zero-order valence-electron chi connectivity index (χ0n) is 15.4. The standard InChI is InChI=1S/C19H17BrN4O2S3/c1-26-16-8-7-14(9-15(16)20)10-21-22-17(25)12-28-19-24-23-18(29-19)27-11-13-5-3-2-4-6-13/h2-10H,11-12H2,1H3,(H,22,25)/b21-10-. The molecule has 0 aliphatic rings. The number of aromatic nitrogens is 2. The molecule has 6 nitrogen and oxygen atoms in total. The van der Waals surface area contributed by atoms with Crippen molar-refractivity contribution in [2.45, 2.75) is 14.4 Å². The molecule has 29 heavy (non-hydrogen) atoms. The third-order valence-electron chi connectivity index (χ3n) is 3.50. The number of hydrogen-bond acceptors (Lipinski definition) is 8. The number of benzene rings is 2.